The molecule has 182 valence electrons. The fraction of sp³-hybridized carbons (Fsp3) is 0.880. The van der Waals surface area contributed by atoms with Crippen molar-refractivity contribution in [1.82, 2.24) is 0 Å². The van der Waals surface area contributed by atoms with Gasteiger partial charge >= 0.3 is 17.9 Å². The Balaban J connectivity index is 4.80. The molecule has 0 aromatic rings. The SMILES string of the molecule is CCCCCCCC[C@H](CC(=O)OC(C)(C)C)OC(=O)C[C@@H](CCCCC)OC(C)=O. The first-order chi connectivity index (χ1) is 14.6. The van der Waals surface area contributed by atoms with Crippen molar-refractivity contribution < 1.29 is 28.6 Å². The van der Waals surface area contributed by atoms with E-state index in [1.165, 1.54) is 26.2 Å². The van der Waals surface area contributed by atoms with Crippen LogP contribution in [0.5, 0.6) is 0 Å². The Hall–Kier alpha value is -1.59. The van der Waals surface area contributed by atoms with Crippen molar-refractivity contribution in [1.29, 1.82) is 0 Å². The third kappa shape index (κ3) is 18.9. The van der Waals surface area contributed by atoms with Gasteiger partial charge in [-0.05, 0) is 46.5 Å². The number of hydrogen-bond donors (Lipinski definition) is 0. The van der Waals surface area contributed by atoms with E-state index in [1.807, 2.05) is 20.8 Å². The Morgan fingerprint density at radius 2 is 1.13 bits per heavy atom. The van der Waals surface area contributed by atoms with Crippen molar-refractivity contribution >= 4 is 17.9 Å². The molecule has 0 radical (unpaired) electrons. The van der Waals surface area contributed by atoms with Crippen LogP contribution in [0.15, 0.2) is 0 Å². The summed E-state index contributed by atoms with van der Waals surface area (Å²) >= 11 is 0. The summed E-state index contributed by atoms with van der Waals surface area (Å²) in [5.41, 5.74) is -0.578. The molecule has 2 atom stereocenters. The third-order valence-electron chi connectivity index (χ3n) is 4.85. The Morgan fingerprint density at radius 1 is 0.677 bits per heavy atom. The van der Waals surface area contributed by atoms with Gasteiger partial charge in [-0.25, -0.2) is 0 Å². The summed E-state index contributed by atoms with van der Waals surface area (Å²) < 4.78 is 16.4. The van der Waals surface area contributed by atoms with Gasteiger partial charge in [0.1, 0.15) is 17.8 Å². The molecule has 0 aromatic heterocycles. The van der Waals surface area contributed by atoms with E-state index in [9.17, 15) is 14.4 Å². The van der Waals surface area contributed by atoms with E-state index >= 15 is 0 Å². The number of carbonyl (C=O) groups is 3. The maximum absolute atomic E-state index is 12.6. The molecule has 0 saturated carbocycles. The van der Waals surface area contributed by atoms with Crippen LogP contribution in [0.1, 0.15) is 125 Å². The summed E-state index contributed by atoms with van der Waals surface area (Å²) in [5, 5.41) is 0. The molecule has 0 aliphatic rings. The lowest BCUT2D eigenvalue weighted by Gasteiger charge is -2.23. The normalized spacial score (nSPS) is 13.4. The van der Waals surface area contributed by atoms with Crippen molar-refractivity contribution in [3.8, 4) is 0 Å². The number of hydrogen-bond acceptors (Lipinski definition) is 6. The lowest BCUT2D eigenvalue weighted by molar-refractivity contribution is -0.163. The van der Waals surface area contributed by atoms with Gasteiger partial charge in [0.25, 0.3) is 0 Å². The average Bonchev–Trinajstić information content (AvgIpc) is 2.62. The smallest absolute Gasteiger partial charge is 0.310 e. The van der Waals surface area contributed by atoms with E-state index in [2.05, 4.69) is 13.8 Å². The molecular weight excluding hydrogens is 396 g/mol. The lowest BCUT2D eigenvalue weighted by Crippen LogP contribution is -2.30. The molecule has 0 aliphatic carbocycles. The van der Waals surface area contributed by atoms with E-state index in [-0.39, 0.29) is 18.8 Å². The molecule has 0 bridgehead atoms. The molecule has 6 nitrogen and oxygen atoms in total. The molecule has 0 heterocycles. The predicted molar refractivity (Wildman–Crippen MR) is 123 cm³/mol. The standard InChI is InChI=1S/C25H46O6/c1-7-9-11-12-13-15-17-22(19-24(28)31-25(4,5)6)30-23(27)18-21(29-20(3)26)16-14-10-8-2/h21-22H,7-19H2,1-6H3/t21-,22-/m1/s1. The molecule has 0 amide bonds. The summed E-state index contributed by atoms with van der Waals surface area (Å²) in [6.45, 7) is 11.1. The van der Waals surface area contributed by atoms with E-state index < -0.39 is 29.7 Å². The molecule has 0 fully saturated rings. The van der Waals surface area contributed by atoms with Crippen molar-refractivity contribution in [3.05, 3.63) is 0 Å². The second kappa shape index (κ2) is 17.0. The topological polar surface area (TPSA) is 78.9 Å². The van der Waals surface area contributed by atoms with Gasteiger partial charge in [0.2, 0.25) is 0 Å². The zero-order chi connectivity index (χ0) is 23.7. The number of ether oxygens (including phenoxy) is 3. The Bertz CT molecular complexity index is 509. The highest BCUT2D eigenvalue weighted by Crippen LogP contribution is 2.18. The maximum Gasteiger partial charge on any atom is 0.310 e. The van der Waals surface area contributed by atoms with Crippen LogP contribution in [0.4, 0.5) is 0 Å². The van der Waals surface area contributed by atoms with E-state index in [4.69, 9.17) is 14.2 Å². The number of esters is 3. The van der Waals surface area contributed by atoms with Crippen LogP contribution < -0.4 is 0 Å². The monoisotopic (exact) mass is 442 g/mol. The highest BCUT2D eigenvalue weighted by atomic mass is 16.6. The maximum atomic E-state index is 12.6. The van der Waals surface area contributed by atoms with Crippen LogP contribution >= 0.6 is 0 Å². The van der Waals surface area contributed by atoms with Gasteiger partial charge in [0, 0.05) is 6.92 Å². The summed E-state index contributed by atoms with van der Waals surface area (Å²) in [4.78, 5) is 36.2. The van der Waals surface area contributed by atoms with Gasteiger partial charge in [-0.1, -0.05) is 58.8 Å². The zero-order valence-electron chi connectivity index (χ0n) is 20.8. The number of unbranched alkanes of at least 4 members (excludes halogenated alkanes) is 7. The number of rotatable bonds is 17. The van der Waals surface area contributed by atoms with Crippen molar-refractivity contribution in [2.75, 3.05) is 0 Å². The molecule has 0 N–H and O–H groups in total. The molecule has 0 saturated heterocycles. The molecule has 0 aromatic carbocycles. The van der Waals surface area contributed by atoms with Gasteiger partial charge in [0.05, 0.1) is 12.8 Å². The van der Waals surface area contributed by atoms with Crippen molar-refractivity contribution in [2.45, 2.75) is 143 Å². The first-order valence-corrected chi connectivity index (χ1v) is 12.2. The first-order valence-electron chi connectivity index (χ1n) is 12.2. The van der Waals surface area contributed by atoms with Gasteiger partial charge in [-0.15, -0.1) is 0 Å². The van der Waals surface area contributed by atoms with Gasteiger partial charge < -0.3 is 14.2 Å². The molecule has 0 aliphatic heterocycles. The van der Waals surface area contributed by atoms with Crippen LogP contribution in [0.3, 0.4) is 0 Å². The van der Waals surface area contributed by atoms with Gasteiger partial charge in [-0.3, -0.25) is 14.4 Å². The minimum Gasteiger partial charge on any atom is -0.462 e. The zero-order valence-corrected chi connectivity index (χ0v) is 20.8. The Morgan fingerprint density at radius 3 is 1.68 bits per heavy atom. The summed E-state index contributed by atoms with van der Waals surface area (Å²) in [5.74, 6) is -1.19. The summed E-state index contributed by atoms with van der Waals surface area (Å²) in [7, 11) is 0. The third-order valence-corrected chi connectivity index (χ3v) is 4.85. The molecular formula is C25H46O6. The highest BCUT2D eigenvalue weighted by molar-refractivity contribution is 5.73. The van der Waals surface area contributed by atoms with Crippen LogP contribution in [0.2, 0.25) is 0 Å². The molecule has 6 heteroatoms. The molecule has 31 heavy (non-hydrogen) atoms. The van der Waals surface area contributed by atoms with Crippen molar-refractivity contribution in [3.63, 3.8) is 0 Å². The van der Waals surface area contributed by atoms with Crippen LogP contribution in [0, 0.1) is 0 Å². The largest absolute Gasteiger partial charge is 0.462 e. The fourth-order valence-corrected chi connectivity index (χ4v) is 3.40. The molecule has 0 spiro atoms. The van der Waals surface area contributed by atoms with Crippen molar-refractivity contribution in [2.24, 2.45) is 0 Å². The fourth-order valence-electron chi connectivity index (χ4n) is 3.40. The summed E-state index contributed by atoms with van der Waals surface area (Å²) in [6.07, 6.45) is 10.0. The quantitative estimate of drug-likeness (QED) is 0.150. The lowest BCUT2D eigenvalue weighted by atomic mass is 10.0. The van der Waals surface area contributed by atoms with Crippen LogP contribution in [-0.4, -0.2) is 35.7 Å². The van der Waals surface area contributed by atoms with E-state index in [0.717, 1.165) is 38.5 Å². The minimum absolute atomic E-state index is 0.0185. The second-order valence-electron chi connectivity index (χ2n) is 9.39. The Labute approximate surface area is 189 Å². The number of carbonyl (C=O) groups excluding carboxylic acids is 3. The van der Waals surface area contributed by atoms with Crippen LogP contribution in [-0.2, 0) is 28.6 Å². The predicted octanol–water partition coefficient (Wildman–Crippen LogP) is 6.28. The second-order valence-corrected chi connectivity index (χ2v) is 9.39. The average molecular weight is 443 g/mol. The first kappa shape index (κ1) is 29.4. The highest BCUT2D eigenvalue weighted by Gasteiger charge is 2.25. The van der Waals surface area contributed by atoms with Crippen LogP contribution in [0.25, 0.3) is 0 Å². The van der Waals surface area contributed by atoms with E-state index in [0.29, 0.717) is 12.8 Å². The van der Waals surface area contributed by atoms with E-state index in [1.54, 1.807) is 0 Å². The summed E-state index contributed by atoms with van der Waals surface area (Å²) in [6, 6.07) is 0. The van der Waals surface area contributed by atoms with Gasteiger partial charge in [-0.2, -0.15) is 0 Å². The molecule has 0 rings (SSSR count). The minimum atomic E-state index is -0.578. The Kier molecular flexibility index (Phi) is 16.1. The van der Waals surface area contributed by atoms with Gasteiger partial charge in [0.15, 0.2) is 0 Å². The molecule has 0 unspecified atom stereocenters.